The van der Waals surface area contributed by atoms with E-state index in [9.17, 15) is 4.79 Å². The number of carbonyl (C=O) groups excluding carboxylic acids is 1. The van der Waals surface area contributed by atoms with Gasteiger partial charge in [0.2, 0.25) is 11.7 Å². The highest BCUT2D eigenvalue weighted by atomic mass is 16.5. The maximum absolute atomic E-state index is 12.9. The first kappa shape index (κ1) is 17.7. The summed E-state index contributed by atoms with van der Waals surface area (Å²) in [6.45, 7) is 0. The number of nitrogens with zero attached hydrogens (tertiary/aromatic N) is 3. The number of benzene rings is 2. The Hall–Kier alpha value is -4.39. The Balaban J connectivity index is 1.40. The number of anilines is 1. The van der Waals surface area contributed by atoms with Crippen LogP contribution in [0.3, 0.4) is 0 Å². The number of pyridine rings is 1. The fourth-order valence-corrected chi connectivity index (χ4v) is 3.26. The summed E-state index contributed by atoms with van der Waals surface area (Å²) in [4.78, 5) is 20.2. The van der Waals surface area contributed by atoms with Crippen molar-refractivity contribution >= 4 is 22.5 Å². The van der Waals surface area contributed by atoms with Crippen molar-refractivity contribution in [2.24, 2.45) is 0 Å². The van der Waals surface area contributed by atoms with E-state index in [1.54, 1.807) is 24.4 Å². The lowest BCUT2D eigenvalue weighted by atomic mass is 10.1. The summed E-state index contributed by atoms with van der Waals surface area (Å²) in [5, 5.41) is 5.27. The molecule has 0 unspecified atom stereocenters. The molecule has 5 aromatic rings. The zero-order chi connectivity index (χ0) is 20.5. The van der Waals surface area contributed by atoms with Gasteiger partial charge in [-0.15, -0.1) is 0 Å². The molecule has 3 N–H and O–H groups in total. The van der Waals surface area contributed by atoms with Gasteiger partial charge in [0.05, 0.1) is 23.1 Å². The van der Waals surface area contributed by atoms with Gasteiger partial charge >= 0.3 is 0 Å². The van der Waals surface area contributed by atoms with Gasteiger partial charge < -0.3 is 15.5 Å². The molecule has 0 saturated carbocycles. The maximum Gasteiger partial charge on any atom is 0.219 e. The van der Waals surface area contributed by atoms with Crippen LogP contribution in [0.4, 0.5) is 5.82 Å². The first-order valence-electron chi connectivity index (χ1n) is 9.34. The lowest BCUT2D eigenvalue weighted by molar-refractivity contribution is 0.103. The van der Waals surface area contributed by atoms with Crippen LogP contribution in [0.1, 0.15) is 16.1 Å². The molecule has 30 heavy (non-hydrogen) atoms. The van der Waals surface area contributed by atoms with E-state index < -0.39 is 0 Å². The van der Waals surface area contributed by atoms with Crippen LogP contribution in [0.5, 0.6) is 11.6 Å². The number of ether oxygens (including phenoxy) is 1. The van der Waals surface area contributed by atoms with Crippen LogP contribution in [-0.2, 0) is 0 Å². The fourth-order valence-electron chi connectivity index (χ4n) is 3.26. The minimum atomic E-state index is -0.204. The van der Waals surface area contributed by atoms with Crippen molar-refractivity contribution in [2.75, 3.05) is 5.73 Å². The second-order valence-electron chi connectivity index (χ2n) is 6.72. The van der Waals surface area contributed by atoms with E-state index in [4.69, 9.17) is 10.5 Å². The molecule has 146 valence electrons. The number of nitrogens with two attached hydrogens (primary N) is 1. The number of carbonyl (C=O) groups is 1. The summed E-state index contributed by atoms with van der Waals surface area (Å²) in [5.74, 6) is 1.22. The molecule has 3 aromatic heterocycles. The molecule has 3 heterocycles. The Morgan fingerprint density at radius 1 is 1.00 bits per heavy atom. The fraction of sp³-hybridized carbons (Fsp3) is 0. The molecule has 0 atom stereocenters. The predicted octanol–water partition coefficient (Wildman–Crippen LogP) is 4.35. The standard InChI is InChI=1S/C23H17N5O2/c24-23-18(22(29)20-13-15-5-1-2-6-19(15)27-20)14-26-28(23)16-8-10-17(11-9-16)30-21-7-3-4-12-25-21/h1-14,27H,24H2. The third-order valence-corrected chi connectivity index (χ3v) is 4.77. The van der Waals surface area contributed by atoms with Crippen LogP contribution >= 0.6 is 0 Å². The smallest absolute Gasteiger partial charge is 0.219 e. The Morgan fingerprint density at radius 3 is 2.57 bits per heavy atom. The number of fused-ring (bicyclic) bond motifs is 1. The first-order chi connectivity index (χ1) is 14.7. The molecule has 0 bridgehead atoms. The Kier molecular flexibility index (Phi) is 4.25. The third-order valence-electron chi connectivity index (χ3n) is 4.77. The Labute approximate surface area is 171 Å². The predicted molar refractivity (Wildman–Crippen MR) is 114 cm³/mol. The van der Waals surface area contributed by atoms with Crippen LogP contribution < -0.4 is 10.5 Å². The van der Waals surface area contributed by atoms with Crippen LogP contribution in [0, 0.1) is 0 Å². The van der Waals surface area contributed by atoms with Gasteiger partial charge in [-0.05, 0) is 42.5 Å². The minimum Gasteiger partial charge on any atom is -0.439 e. The van der Waals surface area contributed by atoms with Gasteiger partial charge in [-0.1, -0.05) is 24.3 Å². The van der Waals surface area contributed by atoms with Gasteiger partial charge in [0.1, 0.15) is 11.6 Å². The van der Waals surface area contributed by atoms with Crippen molar-refractivity contribution < 1.29 is 9.53 Å². The average molecular weight is 395 g/mol. The number of hydrogen-bond acceptors (Lipinski definition) is 5. The van der Waals surface area contributed by atoms with E-state index in [0.29, 0.717) is 22.9 Å². The van der Waals surface area contributed by atoms with Crippen LogP contribution in [-0.4, -0.2) is 25.5 Å². The van der Waals surface area contributed by atoms with E-state index in [2.05, 4.69) is 15.1 Å². The molecule has 0 fully saturated rings. The van der Waals surface area contributed by atoms with E-state index in [-0.39, 0.29) is 11.6 Å². The molecule has 5 rings (SSSR count). The van der Waals surface area contributed by atoms with Gasteiger partial charge in [-0.3, -0.25) is 4.79 Å². The quantitative estimate of drug-likeness (QED) is 0.431. The van der Waals surface area contributed by atoms with E-state index in [1.165, 1.54) is 10.9 Å². The second kappa shape index (κ2) is 7.21. The van der Waals surface area contributed by atoms with Crippen molar-refractivity contribution in [1.82, 2.24) is 19.7 Å². The molecular formula is C23H17N5O2. The highest BCUT2D eigenvalue weighted by molar-refractivity contribution is 6.12. The summed E-state index contributed by atoms with van der Waals surface area (Å²) >= 11 is 0. The summed E-state index contributed by atoms with van der Waals surface area (Å²) in [6.07, 6.45) is 3.15. The van der Waals surface area contributed by atoms with Crippen LogP contribution in [0.2, 0.25) is 0 Å². The molecule has 0 radical (unpaired) electrons. The van der Waals surface area contributed by atoms with Gasteiger partial charge in [-0.25, -0.2) is 9.67 Å². The van der Waals surface area contributed by atoms with Gasteiger partial charge in [0.15, 0.2) is 0 Å². The van der Waals surface area contributed by atoms with E-state index >= 15 is 0 Å². The topological polar surface area (TPSA) is 98.8 Å². The number of para-hydroxylation sites is 1. The zero-order valence-corrected chi connectivity index (χ0v) is 15.8. The van der Waals surface area contributed by atoms with Crippen molar-refractivity contribution in [3.8, 4) is 17.3 Å². The van der Waals surface area contributed by atoms with Gasteiger partial charge in [0, 0.05) is 23.2 Å². The highest BCUT2D eigenvalue weighted by Crippen LogP contribution is 2.25. The summed E-state index contributed by atoms with van der Waals surface area (Å²) in [6, 6.07) is 22.2. The third kappa shape index (κ3) is 3.18. The Morgan fingerprint density at radius 2 is 1.80 bits per heavy atom. The lowest BCUT2D eigenvalue weighted by Crippen LogP contribution is -2.07. The van der Waals surface area contributed by atoms with Crippen molar-refractivity contribution in [2.45, 2.75) is 0 Å². The van der Waals surface area contributed by atoms with Crippen molar-refractivity contribution in [3.63, 3.8) is 0 Å². The highest BCUT2D eigenvalue weighted by Gasteiger charge is 2.19. The number of rotatable bonds is 5. The van der Waals surface area contributed by atoms with Crippen molar-refractivity contribution in [3.05, 3.63) is 96.4 Å². The number of nitrogens with one attached hydrogen (secondary N) is 1. The number of ketones is 1. The number of nitrogen functional groups attached to an aromatic ring is 1. The van der Waals surface area contributed by atoms with Gasteiger partial charge in [-0.2, -0.15) is 5.10 Å². The normalized spacial score (nSPS) is 10.9. The number of hydrogen-bond donors (Lipinski definition) is 2. The van der Waals surface area contributed by atoms with E-state index in [1.807, 2.05) is 54.6 Å². The number of aromatic nitrogens is 4. The molecule has 2 aromatic carbocycles. The van der Waals surface area contributed by atoms with Crippen LogP contribution in [0.15, 0.2) is 85.2 Å². The lowest BCUT2D eigenvalue weighted by Gasteiger charge is -2.07. The molecule has 7 heteroatoms. The monoisotopic (exact) mass is 395 g/mol. The van der Waals surface area contributed by atoms with Crippen LogP contribution in [0.25, 0.3) is 16.6 Å². The maximum atomic E-state index is 12.9. The average Bonchev–Trinajstić information content (AvgIpc) is 3.38. The molecule has 0 amide bonds. The molecule has 0 aliphatic carbocycles. The first-order valence-corrected chi connectivity index (χ1v) is 9.34. The molecule has 7 nitrogen and oxygen atoms in total. The second-order valence-corrected chi connectivity index (χ2v) is 6.72. The molecule has 0 saturated heterocycles. The molecule has 0 spiro atoms. The van der Waals surface area contributed by atoms with Crippen molar-refractivity contribution in [1.29, 1.82) is 0 Å². The Bertz CT molecular complexity index is 1300. The summed E-state index contributed by atoms with van der Waals surface area (Å²) in [5.41, 5.74) is 8.69. The molecular weight excluding hydrogens is 378 g/mol. The minimum absolute atomic E-state index is 0.204. The SMILES string of the molecule is Nc1c(C(=O)c2cc3ccccc3[nH]2)cnn1-c1ccc(Oc2ccccn2)cc1. The summed E-state index contributed by atoms with van der Waals surface area (Å²) in [7, 11) is 0. The zero-order valence-electron chi connectivity index (χ0n) is 15.8. The molecule has 0 aliphatic rings. The molecule has 0 aliphatic heterocycles. The largest absolute Gasteiger partial charge is 0.439 e. The van der Waals surface area contributed by atoms with Gasteiger partial charge in [0.25, 0.3) is 0 Å². The van der Waals surface area contributed by atoms with E-state index in [0.717, 1.165) is 16.6 Å². The summed E-state index contributed by atoms with van der Waals surface area (Å²) < 4.78 is 7.23. The number of H-pyrrole nitrogens is 1. The number of aromatic amines is 1.